The van der Waals surface area contributed by atoms with Gasteiger partial charge in [-0.2, -0.15) is 0 Å². The van der Waals surface area contributed by atoms with Gasteiger partial charge in [0.15, 0.2) is 6.61 Å². The van der Waals surface area contributed by atoms with E-state index in [9.17, 15) is 9.90 Å². The zero-order chi connectivity index (χ0) is 13.5. The summed E-state index contributed by atoms with van der Waals surface area (Å²) in [6.07, 6.45) is 7.06. The molecule has 0 radical (unpaired) electrons. The number of rotatable bonds is 4. The third-order valence-corrected chi connectivity index (χ3v) is 3.41. The molecule has 4 nitrogen and oxygen atoms in total. The number of benzene rings is 1. The smallest absolute Gasteiger partial charge is 0.258 e. The van der Waals surface area contributed by atoms with Crippen LogP contribution in [0.2, 0.25) is 0 Å². The Morgan fingerprint density at radius 3 is 2.68 bits per heavy atom. The molecule has 0 aliphatic heterocycles. The number of nitrogens with one attached hydrogen (secondary N) is 1. The fraction of sp³-hybridized carbons (Fsp3) is 0.533. The minimum atomic E-state index is -0.0877. The fourth-order valence-electron chi connectivity index (χ4n) is 2.42. The van der Waals surface area contributed by atoms with Crippen LogP contribution >= 0.6 is 0 Å². The normalized spacial score (nSPS) is 16.6. The summed E-state index contributed by atoms with van der Waals surface area (Å²) in [5.74, 6) is 0.563. The van der Waals surface area contributed by atoms with Crippen LogP contribution in [0.1, 0.15) is 38.5 Å². The molecular formula is C15H21NO3. The van der Waals surface area contributed by atoms with Gasteiger partial charge in [0.1, 0.15) is 11.5 Å². The lowest BCUT2D eigenvalue weighted by molar-refractivity contribution is -0.123. The van der Waals surface area contributed by atoms with Crippen LogP contribution in [-0.2, 0) is 4.79 Å². The number of phenolic OH excluding ortho intramolecular Hbond substituents is 1. The number of hydrogen-bond acceptors (Lipinski definition) is 3. The van der Waals surface area contributed by atoms with E-state index in [1.165, 1.54) is 31.7 Å². The average molecular weight is 263 g/mol. The van der Waals surface area contributed by atoms with Crippen molar-refractivity contribution in [2.75, 3.05) is 6.61 Å². The second kappa shape index (κ2) is 7.02. The average Bonchev–Trinajstić information content (AvgIpc) is 2.65. The van der Waals surface area contributed by atoms with Crippen molar-refractivity contribution in [3.05, 3.63) is 24.3 Å². The van der Waals surface area contributed by atoms with Gasteiger partial charge in [-0.15, -0.1) is 0 Å². The van der Waals surface area contributed by atoms with Gasteiger partial charge < -0.3 is 15.2 Å². The van der Waals surface area contributed by atoms with Crippen molar-refractivity contribution < 1.29 is 14.6 Å². The van der Waals surface area contributed by atoms with Crippen LogP contribution in [0.5, 0.6) is 11.5 Å². The molecule has 0 saturated heterocycles. The second-order valence-electron chi connectivity index (χ2n) is 5.04. The minimum absolute atomic E-state index is 0.0000463. The van der Waals surface area contributed by atoms with E-state index in [2.05, 4.69) is 5.32 Å². The Bertz CT molecular complexity index is 412. The molecule has 1 aliphatic rings. The Morgan fingerprint density at radius 2 is 2.00 bits per heavy atom. The van der Waals surface area contributed by atoms with Crippen LogP contribution in [0.25, 0.3) is 0 Å². The van der Waals surface area contributed by atoms with Gasteiger partial charge in [0, 0.05) is 12.1 Å². The number of amides is 1. The summed E-state index contributed by atoms with van der Waals surface area (Å²) < 4.78 is 5.35. The van der Waals surface area contributed by atoms with Crippen molar-refractivity contribution in [1.82, 2.24) is 5.32 Å². The van der Waals surface area contributed by atoms with E-state index in [0.717, 1.165) is 12.8 Å². The Hall–Kier alpha value is -1.71. The summed E-state index contributed by atoms with van der Waals surface area (Å²) in [7, 11) is 0. The first-order valence-corrected chi connectivity index (χ1v) is 6.95. The van der Waals surface area contributed by atoms with Gasteiger partial charge in [-0.1, -0.05) is 31.7 Å². The van der Waals surface area contributed by atoms with E-state index in [0.29, 0.717) is 11.8 Å². The molecule has 0 unspecified atom stereocenters. The zero-order valence-electron chi connectivity index (χ0n) is 11.1. The van der Waals surface area contributed by atoms with Gasteiger partial charge in [0.2, 0.25) is 0 Å². The molecule has 1 saturated carbocycles. The molecule has 1 fully saturated rings. The molecule has 2 N–H and O–H groups in total. The standard InChI is InChI=1S/C15H21NO3/c17-13-8-5-9-14(10-13)19-11-15(18)16-12-6-3-1-2-4-7-12/h5,8-10,12,17H,1-4,6-7,11H2,(H,16,18). The maximum absolute atomic E-state index is 11.8. The van der Waals surface area contributed by atoms with E-state index in [4.69, 9.17) is 4.74 Å². The van der Waals surface area contributed by atoms with Crippen LogP contribution in [-0.4, -0.2) is 23.7 Å². The zero-order valence-corrected chi connectivity index (χ0v) is 11.1. The van der Waals surface area contributed by atoms with Gasteiger partial charge in [-0.3, -0.25) is 4.79 Å². The molecule has 4 heteroatoms. The maximum atomic E-state index is 11.8. The molecule has 0 spiro atoms. The van der Waals surface area contributed by atoms with Crippen LogP contribution in [0.4, 0.5) is 0 Å². The lowest BCUT2D eigenvalue weighted by atomic mass is 10.1. The third-order valence-electron chi connectivity index (χ3n) is 3.41. The number of carbonyl (C=O) groups is 1. The largest absolute Gasteiger partial charge is 0.508 e. The van der Waals surface area contributed by atoms with Gasteiger partial charge >= 0.3 is 0 Å². The molecule has 1 aliphatic carbocycles. The second-order valence-corrected chi connectivity index (χ2v) is 5.04. The van der Waals surface area contributed by atoms with E-state index in [1.807, 2.05) is 0 Å². The minimum Gasteiger partial charge on any atom is -0.508 e. The molecule has 104 valence electrons. The van der Waals surface area contributed by atoms with Crippen LogP contribution < -0.4 is 10.1 Å². The Kier molecular flexibility index (Phi) is 5.07. The predicted molar refractivity (Wildman–Crippen MR) is 73.2 cm³/mol. The summed E-state index contributed by atoms with van der Waals surface area (Å²) in [5, 5.41) is 12.3. The summed E-state index contributed by atoms with van der Waals surface area (Å²) in [4.78, 5) is 11.8. The first-order valence-electron chi connectivity index (χ1n) is 6.95. The van der Waals surface area contributed by atoms with E-state index in [1.54, 1.807) is 18.2 Å². The lowest BCUT2D eigenvalue weighted by Crippen LogP contribution is -2.37. The topological polar surface area (TPSA) is 58.6 Å². The highest BCUT2D eigenvalue weighted by Gasteiger charge is 2.14. The summed E-state index contributed by atoms with van der Waals surface area (Å²) in [5.41, 5.74) is 0. The predicted octanol–water partition coefficient (Wildman–Crippen LogP) is 2.61. The van der Waals surface area contributed by atoms with E-state index >= 15 is 0 Å². The van der Waals surface area contributed by atoms with Gasteiger partial charge in [0.25, 0.3) is 5.91 Å². The Labute approximate surface area is 113 Å². The van der Waals surface area contributed by atoms with Crippen LogP contribution in [0, 0.1) is 0 Å². The van der Waals surface area contributed by atoms with Crippen molar-refractivity contribution in [3.63, 3.8) is 0 Å². The highest BCUT2D eigenvalue weighted by atomic mass is 16.5. The Morgan fingerprint density at radius 1 is 1.26 bits per heavy atom. The SMILES string of the molecule is O=C(COc1cccc(O)c1)NC1CCCCCC1. The van der Waals surface area contributed by atoms with Crippen molar-refractivity contribution in [1.29, 1.82) is 0 Å². The number of hydrogen-bond donors (Lipinski definition) is 2. The van der Waals surface area contributed by atoms with Crippen molar-refractivity contribution >= 4 is 5.91 Å². The highest BCUT2D eigenvalue weighted by Crippen LogP contribution is 2.18. The number of ether oxygens (including phenoxy) is 1. The molecule has 19 heavy (non-hydrogen) atoms. The first-order chi connectivity index (χ1) is 9.24. The van der Waals surface area contributed by atoms with Gasteiger partial charge in [0.05, 0.1) is 0 Å². The van der Waals surface area contributed by atoms with Crippen LogP contribution in [0.3, 0.4) is 0 Å². The molecule has 0 heterocycles. The van der Waals surface area contributed by atoms with Crippen molar-refractivity contribution in [2.24, 2.45) is 0 Å². The summed E-state index contributed by atoms with van der Waals surface area (Å²) in [6, 6.07) is 6.77. The first kappa shape index (κ1) is 13.7. The number of phenols is 1. The van der Waals surface area contributed by atoms with Crippen LogP contribution in [0.15, 0.2) is 24.3 Å². The fourth-order valence-corrected chi connectivity index (χ4v) is 2.42. The van der Waals surface area contributed by atoms with Gasteiger partial charge in [-0.25, -0.2) is 0 Å². The van der Waals surface area contributed by atoms with Crippen molar-refractivity contribution in [3.8, 4) is 11.5 Å². The molecule has 1 aromatic rings. The summed E-state index contributed by atoms with van der Waals surface area (Å²) in [6.45, 7) is -0.0000463. The monoisotopic (exact) mass is 263 g/mol. The molecule has 0 bridgehead atoms. The summed E-state index contributed by atoms with van der Waals surface area (Å²) >= 11 is 0. The third kappa shape index (κ3) is 4.81. The molecular weight excluding hydrogens is 242 g/mol. The molecule has 0 atom stereocenters. The molecule has 0 aromatic heterocycles. The maximum Gasteiger partial charge on any atom is 0.258 e. The molecule has 2 rings (SSSR count). The number of carbonyl (C=O) groups excluding carboxylic acids is 1. The molecule has 1 amide bonds. The number of aromatic hydroxyl groups is 1. The lowest BCUT2D eigenvalue weighted by Gasteiger charge is -2.16. The molecule has 1 aromatic carbocycles. The quantitative estimate of drug-likeness (QED) is 0.821. The van der Waals surface area contributed by atoms with Crippen molar-refractivity contribution in [2.45, 2.75) is 44.6 Å². The van der Waals surface area contributed by atoms with E-state index < -0.39 is 0 Å². The Balaban J connectivity index is 1.74. The van der Waals surface area contributed by atoms with Gasteiger partial charge in [-0.05, 0) is 25.0 Å². The highest BCUT2D eigenvalue weighted by molar-refractivity contribution is 5.77. The van der Waals surface area contributed by atoms with E-state index in [-0.39, 0.29) is 18.3 Å².